The van der Waals surface area contributed by atoms with Crippen LogP contribution in [0.5, 0.6) is 0 Å². The predicted molar refractivity (Wildman–Crippen MR) is 123 cm³/mol. The topological polar surface area (TPSA) is 93.1 Å². The van der Waals surface area contributed by atoms with Crippen molar-refractivity contribution in [3.63, 3.8) is 0 Å². The summed E-state index contributed by atoms with van der Waals surface area (Å²) in [5.74, 6) is -0.728. The van der Waals surface area contributed by atoms with E-state index in [-0.39, 0.29) is 18.0 Å². The Labute approximate surface area is 184 Å². The molecule has 32 heavy (non-hydrogen) atoms. The van der Waals surface area contributed by atoms with E-state index < -0.39 is 5.91 Å². The smallest absolute Gasteiger partial charge is 0.261 e. The van der Waals surface area contributed by atoms with Gasteiger partial charge >= 0.3 is 0 Å². The lowest BCUT2D eigenvalue weighted by Crippen LogP contribution is -2.29. The first-order valence-corrected chi connectivity index (χ1v) is 10.2. The van der Waals surface area contributed by atoms with Gasteiger partial charge in [0, 0.05) is 6.54 Å². The molecule has 2 N–H and O–H groups in total. The molecule has 7 nitrogen and oxygen atoms in total. The Bertz CT molecular complexity index is 1350. The predicted octanol–water partition coefficient (Wildman–Crippen LogP) is 3.27. The van der Waals surface area contributed by atoms with Crippen molar-refractivity contribution < 1.29 is 9.59 Å². The number of aryl methyl sites for hydroxylation is 1. The highest BCUT2D eigenvalue weighted by Crippen LogP contribution is 2.16. The third-order valence-corrected chi connectivity index (χ3v) is 5.11. The largest absolute Gasteiger partial charge is 0.348 e. The number of nitrogens with zero attached hydrogens (tertiary/aromatic N) is 2. The third kappa shape index (κ3) is 4.57. The number of hydrogen-bond acceptors (Lipinski definition) is 4. The molecule has 160 valence electrons. The molecule has 0 aliphatic carbocycles. The molecule has 0 saturated carbocycles. The van der Waals surface area contributed by atoms with Crippen molar-refractivity contribution >= 4 is 28.4 Å². The number of carbonyl (C=O) groups excluding carboxylic acids is 2. The van der Waals surface area contributed by atoms with Gasteiger partial charge in [-0.2, -0.15) is 0 Å². The van der Waals surface area contributed by atoms with Crippen molar-refractivity contribution in [3.8, 4) is 0 Å². The molecule has 0 aliphatic heterocycles. The van der Waals surface area contributed by atoms with E-state index in [2.05, 4.69) is 15.6 Å². The normalized spacial score (nSPS) is 10.7. The van der Waals surface area contributed by atoms with E-state index in [1.54, 1.807) is 36.4 Å². The molecule has 0 unspecified atom stereocenters. The van der Waals surface area contributed by atoms with E-state index in [0.717, 1.165) is 11.1 Å². The molecule has 0 fully saturated rings. The number of aromatic nitrogens is 2. The average Bonchev–Trinajstić information content (AvgIpc) is 2.81. The highest BCUT2D eigenvalue weighted by molar-refractivity contribution is 6.03. The van der Waals surface area contributed by atoms with Crippen molar-refractivity contribution in [1.29, 1.82) is 0 Å². The summed E-state index contributed by atoms with van der Waals surface area (Å²) in [4.78, 5) is 42.4. The highest BCUT2D eigenvalue weighted by Gasteiger charge is 2.14. The zero-order valence-corrected chi connectivity index (χ0v) is 17.5. The van der Waals surface area contributed by atoms with Crippen LogP contribution in [0.2, 0.25) is 0 Å². The van der Waals surface area contributed by atoms with Gasteiger partial charge in [0.1, 0.15) is 6.54 Å². The lowest BCUT2D eigenvalue weighted by atomic mass is 10.1. The van der Waals surface area contributed by atoms with Crippen LogP contribution in [0.25, 0.3) is 10.9 Å². The standard InChI is InChI=1S/C25H22N4O3/c1-17-8-7-12-20-23(17)27-16-29(25(20)32)15-22(30)28-21-13-6-5-11-19(21)24(31)26-14-18-9-3-2-4-10-18/h2-13,16H,14-15H2,1H3,(H,26,31)(H,28,30). The maximum absolute atomic E-state index is 12.7. The molecule has 0 bridgehead atoms. The zero-order valence-electron chi connectivity index (χ0n) is 17.5. The number of nitrogens with one attached hydrogen (secondary N) is 2. The number of anilines is 1. The first-order chi connectivity index (χ1) is 15.5. The van der Waals surface area contributed by atoms with Gasteiger partial charge in [-0.1, -0.05) is 54.6 Å². The fraction of sp³-hybridized carbons (Fsp3) is 0.120. The molecular formula is C25H22N4O3. The zero-order chi connectivity index (χ0) is 22.5. The summed E-state index contributed by atoms with van der Waals surface area (Å²) in [6.07, 6.45) is 1.37. The molecule has 4 aromatic rings. The Kier molecular flexibility index (Phi) is 6.07. The van der Waals surface area contributed by atoms with Crippen LogP contribution in [0.15, 0.2) is 83.9 Å². The minimum atomic E-state index is -0.427. The summed E-state index contributed by atoms with van der Waals surface area (Å²) in [6.45, 7) is 2.04. The fourth-order valence-corrected chi connectivity index (χ4v) is 3.46. The summed E-state index contributed by atoms with van der Waals surface area (Å²) in [7, 11) is 0. The van der Waals surface area contributed by atoms with E-state index in [1.807, 2.05) is 43.3 Å². The van der Waals surface area contributed by atoms with Crippen molar-refractivity contribution in [2.75, 3.05) is 5.32 Å². The molecule has 0 spiro atoms. The quantitative estimate of drug-likeness (QED) is 0.495. The van der Waals surface area contributed by atoms with Gasteiger partial charge in [0.05, 0.1) is 28.5 Å². The summed E-state index contributed by atoms with van der Waals surface area (Å²) in [5, 5.41) is 6.05. The Morgan fingerprint density at radius 2 is 1.69 bits per heavy atom. The van der Waals surface area contributed by atoms with E-state index in [4.69, 9.17) is 0 Å². The molecule has 0 atom stereocenters. The minimum Gasteiger partial charge on any atom is -0.348 e. The SMILES string of the molecule is Cc1cccc2c(=O)n(CC(=O)Nc3ccccc3C(=O)NCc3ccccc3)cnc12. The van der Waals surface area contributed by atoms with Gasteiger partial charge in [-0.3, -0.25) is 19.0 Å². The van der Waals surface area contributed by atoms with Crippen LogP contribution in [0.3, 0.4) is 0 Å². The van der Waals surface area contributed by atoms with E-state index in [1.165, 1.54) is 10.9 Å². The van der Waals surface area contributed by atoms with Gasteiger partial charge in [-0.05, 0) is 36.2 Å². The monoisotopic (exact) mass is 426 g/mol. The fourth-order valence-electron chi connectivity index (χ4n) is 3.46. The van der Waals surface area contributed by atoms with Crippen LogP contribution in [0.1, 0.15) is 21.5 Å². The second-order valence-corrected chi connectivity index (χ2v) is 7.41. The van der Waals surface area contributed by atoms with E-state index >= 15 is 0 Å². The molecular weight excluding hydrogens is 404 g/mol. The molecule has 0 aliphatic rings. The van der Waals surface area contributed by atoms with Crippen molar-refractivity contribution in [3.05, 3.63) is 106 Å². The number of fused-ring (bicyclic) bond motifs is 1. The molecule has 4 rings (SSSR count). The average molecular weight is 426 g/mol. The van der Waals surface area contributed by atoms with Crippen LogP contribution in [-0.4, -0.2) is 21.4 Å². The number of amides is 2. The lowest BCUT2D eigenvalue weighted by Gasteiger charge is -2.12. The number of para-hydroxylation sites is 2. The van der Waals surface area contributed by atoms with Crippen LogP contribution >= 0.6 is 0 Å². The van der Waals surface area contributed by atoms with Gasteiger partial charge in [-0.25, -0.2) is 4.98 Å². The second kappa shape index (κ2) is 9.26. The van der Waals surface area contributed by atoms with Crippen molar-refractivity contribution in [2.24, 2.45) is 0 Å². The van der Waals surface area contributed by atoms with Gasteiger partial charge in [0.15, 0.2) is 0 Å². The molecule has 7 heteroatoms. The molecule has 0 saturated heterocycles. The Balaban J connectivity index is 1.48. The molecule has 1 heterocycles. The van der Waals surface area contributed by atoms with E-state index in [9.17, 15) is 14.4 Å². The molecule has 3 aromatic carbocycles. The van der Waals surface area contributed by atoms with Crippen LogP contribution in [0.4, 0.5) is 5.69 Å². The Morgan fingerprint density at radius 1 is 0.938 bits per heavy atom. The van der Waals surface area contributed by atoms with Crippen LogP contribution in [0, 0.1) is 6.92 Å². The molecule has 1 aromatic heterocycles. The lowest BCUT2D eigenvalue weighted by molar-refractivity contribution is -0.116. The molecule has 0 radical (unpaired) electrons. The third-order valence-electron chi connectivity index (χ3n) is 5.11. The second-order valence-electron chi connectivity index (χ2n) is 7.41. The summed E-state index contributed by atoms with van der Waals surface area (Å²) < 4.78 is 1.26. The van der Waals surface area contributed by atoms with Gasteiger partial charge in [0.2, 0.25) is 5.91 Å². The number of hydrogen-bond donors (Lipinski definition) is 2. The number of rotatable bonds is 6. The summed E-state index contributed by atoms with van der Waals surface area (Å²) in [6, 6.07) is 21.7. The summed E-state index contributed by atoms with van der Waals surface area (Å²) in [5.41, 5.74) is 2.92. The van der Waals surface area contributed by atoms with Gasteiger partial charge < -0.3 is 10.6 Å². The maximum atomic E-state index is 12.7. The Hall–Kier alpha value is -4.26. The Morgan fingerprint density at radius 3 is 2.50 bits per heavy atom. The minimum absolute atomic E-state index is 0.213. The number of carbonyl (C=O) groups is 2. The number of benzene rings is 3. The first-order valence-electron chi connectivity index (χ1n) is 10.2. The van der Waals surface area contributed by atoms with Crippen molar-refractivity contribution in [1.82, 2.24) is 14.9 Å². The summed E-state index contributed by atoms with van der Waals surface area (Å²) >= 11 is 0. The first kappa shape index (κ1) is 21.0. The molecule has 2 amide bonds. The van der Waals surface area contributed by atoms with E-state index in [0.29, 0.717) is 28.7 Å². The maximum Gasteiger partial charge on any atom is 0.261 e. The van der Waals surface area contributed by atoms with Crippen molar-refractivity contribution in [2.45, 2.75) is 20.0 Å². The van der Waals surface area contributed by atoms with Crippen LogP contribution in [-0.2, 0) is 17.9 Å². The van der Waals surface area contributed by atoms with Gasteiger partial charge in [-0.15, -0.1) is 0 Å². The van der Waals surface area contributed by atoms with Crippen LogP contribution < -0.4 is 16.2 Å². The highest BCUT2D eigenvalue weighted by atomic mass is 16.2. The van der Waals surface area contributed by atoms with Gasteiger partial charge in [0.25, 0.3) is 11.5 Å².